The highest BCUT2D eigenvalue weighted by Crippen LogP contribution is 2.23. The van der Waals surface area contributed by atoms with Crippen LogP contribution in [0, 0.1) is 0 Å². The van der Waals surface area contributed by atoms with Crippen LogP contribution in [0.2, 0.25) is 5.02 Å². The van der Waals surface area contributed by atoms with Gasteiger partial charge in [-0.3, -0.25) is 4.79 Å². The zero-order chi connectivity index (χ0) is 12.1. The molecule has 0 saturated heterocycles. The number of halogens is 2. The molecule has 0 spiro atoms. The molecular formula is C11H13BrClNO2. The molecule has 0 aliphatic heterocycles. The van der Waals surface area contributed by atoms with Crippen molar-refractivity contribution in [3.63, 3.8) is 0 Å². The Hall–Kier alpha value is -0.740. The lowest BCUT2D eigenvalue weighted by molar-refractivity contribution is -0.127. The van der Waals surface area contributed by atoms with Gasteiger partial charge in [0.25, 0.3) is 0 Å². The summed E-state index contributed by atoms with van der Waals surface area (Å²) in [5.41, 5.74) is 0.895. The first-order valence-electron chi connectivity index (χ1n) is 4.70. The molecule has 0 fully saturated rings. The van der Waals surface area contributed by atoms with Gasteiger partial charge in [-0.1, -0.05) is 27.5 Å². The Kier molecular flexibility index (Phi) is 5.09. The van der Waals surface area contributed by atoms with Gasteiger partial charge in [0, 0.05) is 24.2 Å². The van der Waals surface area contributed by atoms with E-state index >= 15 is 0 Å². The minimum atomic E-state index is 0.0158. The summed E-state index contributed by atoms with van der Waals surface area (Å²) < 4.78 is 5.21. The minimum absolute atomic E-state index is 0.0158. The van der Waals surface area contributed by atoms with Crippen LogP contribution in [0.4, 0.5) is 0 Å². The largest absolute Gasteiger partial charge is 0.496 e. The Morgan fingerprint density at radius 3 is 2.81 bits per heavy atom. The highest BCUT2D eigenvalue weighted by Gasteiger charge is 2.11. The molecule has 0 aliphatic carbocycles. The lowest BCUT2D eigenvalue weighted by Crippen LogP contribution is -2.27. The number of rotatable bonds is 4. The van der Waals surface area contributed by atoms with Crippen molar-refractivity contribution in [1.82, 2.24) is 4.90 Å². The summed E-state index contributed by atoms with van der Waals surface area (Å²) in [7, 11) is 3.34. The average molecular weight is 307 g/mol. The second-order valence-corrected chi connectivity index (χ2v) is 4.34. The molecule has 0 radical (unpaired) electrons. The topological polar surface area (TPSA) is 29.5 Å². The van der Waals surface area contributed by atoms with Gasteiger partial charge in [0.2, 0.25) is 5.91 Å². The smallest absolute Gasteiger partial charge is 0.233 e. The molecule has 0 aliphatic rings. The predicted octanol–water partition coefficient (Wildman–Crippen LogP) is 2.70. The molecule has 0 N–H and O–H groups in total. The Morgan fingerprint density at radius 2 is 2.25 bits per heavy atom. The highest BCUT2D eigenvalue weighted by atomic mass is 79.9. The molecule has 0 heterocycles. The molecule has 1 rings (SSSR count). The van der Waals surface area contributed by atoms with Crippen molar-refractivity contribution in [1.29, 1.82) is 0 Å². The number of carbonyl (C=O) groups is 1. The summed E-state index contributed by atoms with van der Waals surface area (Å²) in [5.74, 6) is 0.751. The van der Waals surface area contributed by atoms with Gasteiger partial charge in [0.1, 0.15) is 5.75 Å². The van der Waals surface area contributed by atoms with E-state index in [9.17, 15) is 4.79 Å². The molecule has 0 bridgehead atoms. The van der Waals surface area contributed by atoms with E-state index in [1.807, 2.05) is 0 Å². The molecule has 88 valence electrons. The fourth-order valence-electron chi connectivity index (χ4n) is 1.32. The zero-order valence-corrected chi connectivity index (χ0v) is 11.5. The third-order valence-corrected chi connectivity index (χ3v) is 2.90. The van der Waals surface area contributed by atoms with E-state index in [-0.39, 0.29) is 5.91 Å². The Labute approximate surface area is 108 Å². The highest BCUT2D eigenvalue weighted by molar-refractivity contribution is 9.09. The molecule has 0 aromatic heterocycles. The monoisotopic (exact) mass is 305 g/mol. The van der Waals surface area contributed by atoms with Crippen LogP contribution in [0.1, 0.15) is 5.56 Å². The van der Waals surface area contributed by atoms with Gasteiger partial charge in [0.05, 0.1) is 12.4 Å². The number of hydrogen-bond donors (Lipinski definition) is 0. The van der Waals surface area contributed by atoms with Crippen LogP contribution in [0.5, 0.6) is 5.75 Å². The van der Waals surface area contributed by atoms with Gasteiger partial charge in [-0.2, -0.15) is 0 Å². The number of amides is 1. The zero-order valence-electron chi connectivity index (χ0n) is 9.17. The third kappa shape index (κ3) is 3.39. The molecule has 1 aromatic rings. The van der Waals surface area contributed by atoms with Crippen molar-refractivity contribution >= 4 is 33.4 Å². The number of ether oxygens (including phenoxy) is 1. The maximum absolute atomic E-state index is 11.4. The molecule has 1 amide bonds. The van der Waals surface area contributed by atoms with Crippen LogP contribution in [0.15, 0.2) is 18.2 Å². The lowest BCUT2D eigenvalue weighted by atomic mass is 10.2. The van der Waals surface area contributed by atoms with Crippen LogP contribution < -0.4 is 4.74 Å². The van der Waals surface area contributed by atoms with Crippen LogP contribution in [0.25, 0.3) is 0 Å². The van der Waals surface area contributed by atoms with E-state index in [2.05, 4.69) is 15.9 Å². The molecule has 16 heavy (non-hydrogen) atoms. The van der Waals surface area contributed by atoms with Gasteiger partial charge in [-0.15, -0.1) is 0 Å². The van der Waals surface area contributed by atoms with Gasteiger partial charge < -0.3 is 9.64 Å². The van der Waals surface area contributed by atoms with E-state index in [1.54, 1.807) is 37.3 Å². The van der Waals surface area contributed by atoms with Crippen molar-refractivity contribution < 1.29 is 9.53 Å². The van der Waals surface area contributed by atoms with E-state index in [0.29, 0.717) is 16.9 Å². The number of benzene rings is 1. The SMILES string of the molecule is COc1ccc(Cl)cc1CN(C)C(=O)CBr. The molecular weight excluding hydrogens is 293 g/mol. The molecule has 0 atom stereocenters. The first kappa shape index (κ1) is 13.3. The normalized spacial score (nSPS) is 10.0. The van der Waals surface area contributed by atoms with Crippen molar-refractivity contribution in [2.24, 2.45) is 0 Å². The lowest BCUT2D eigenvalue weighted by Gasteiger charge is -2.17. The first-order valence-corrected chi connectivity index (χ1v) is 6.20. The van der Waals surface area contributed by atoms with Crippen molar-refractivity contribution in [3.05, 3.63) is 28.8 Å². The average Bonchev–Trinajstić information content (AvgIpc) is 2.28. The Bertz CT molecular complexity index is 384. The maximum Gasteiger partial charge on any atom is 0.233 e. The second-order valence-electron chi connectivity index (χ2n) is 3.34. The van der Waals surface area contributed by atoms with Crippen molar-refractivity contribution in [2.45, 2.75) is 6.54 Å². The van der Waals surface area contributed by atoms with Crippen LogP contribution in [-0.4, -0.2) is 30.3 Å². The molecule has 0 unspecified atom stereocenters. The van der Waals surface area contributed by atoms with E-state index in [4.69, 9.17) is 16.3 Å². The fraction of sp³-hybridized carbons (Fsp3) is 0.364. The van der Waals surface area contributed by atoms with Gasteiger partial charge >= 0.3 is 0 Å². The fourth-order valence-corrected chi connectivity index (χ4v) is 1.94. The molecule has 3 nitrogen and oxygen atoms in total. The van der Waals surface area contributed by atoms with Gasteiger partial charge in [0.15, 0.2) is 0 Å². The first-order chi connectivity index (χ1) is 7.58. The van der Waals surface area contributed by atoms with E-state index in [1.165, 1.54) is 0 Å². The summed E-state index contributed by atoms with van der Waals surface area (Å²) in [4.78, 5) is 13.0. The summed E-state index contributed by atoms with van der Waals surface area (Å²) >= 11 is 9.03. The van der Waals surface area contributed by atoms with Crippen LogP contribution in [0.3, 0.4) is 0 Å². The van der Waals surface area contributed by atoms with Gasteiger partial charge in [-0.05, 0) is 18.2 Å². The van der Waals surface area contributed by atoms with Gasteiger partial charge in [-0.25, -0.2) is 0 Å². The van der Waals surface area contributed by atoms with Crippen LogP contribution >= 0.6 is 27.5 Å². The minimum Gasteiger partial charge on any atom is -0.496 e. The quantitative estimate of drug-likeness (QED) is 0.801. The number of carbonyl (C=O) groups excluding carboxylic acids is 1. The number of nitrogens with zero attached hydrogens (tertiary/aromatic N) is 1. The van der Waals surface area contributed by atoms with Crippen LogP contribution in [-0.2, 0) is 11.3 Å². The summed E-state index contributed by atoms with van der Waals surface area (Å²) in [6, 6.07) is 5.36. The van der Waals surface area contributed by atoms with E-state index < -0.39 is 0 Å². The molecule has 1 aromatic carbocycles. The Morgan fingerprint density at radius 1 is 1.56 bits per heavy atom. The summed E-state index contributed by atoms with van der Waals surface area (Å²) in [5, 5.41) is 0.947. The maximum atomic E-state index is 11.4. The number of alkyl halides is 1. The standard InChI is InChI=1S/C11H13BrClNO2/c1-14(11(15)6-12)7-8-5-9(13)3-4-10(8)16-2/h3-5H,6-7H2,1-2H3. The van der Waals surface area contributed by atoms with Crippen molar-refractivity contribution in [2.75, 3.05) is 19.5 Å². The second kappa shape index (κ2) is 6.11. The molecule has 0 saturated carbocycles. The Balaban J connectivity index is 2.86. The third-order valence-electron chi connectivity index (χ3n) is 2.19. The summed E-state index contributed by atoms with van der Waals surface area (Å²) in [6.45, 7) is 0.480. The summed E-state index contributed by atoms with van der Waals surface area (Å²) in [6.07, 6.45) is 0. The van der Waals surface area contributed by atoms with E-state index in [0.717, 1.165) is 11.3 Å². The number of hydrogen-bond acceptors (Lipinski definition) is 2. The van der Waals surface area contributed by atoms with Crippen molar-refractivity contribution in [3.8, 4) is 5.75 Å². The number of methoxy groups -OCH3 is 1. The molecule has 5 heteroatoms. The predicted molar refractivity (Wildman–Crippen MR) is 68.3 cm³/mol.